The summed E-state index contributed by atoms with van der Waals surface area (Å²) < 4.78 is 12.0. The molecule has 0 spiro atoms. The van der Waals surface area contributed by atoms with Crippen LogP contribution >= 0.6 is 27.3 Å². The van der Waals surface area contributed by atoms with Crippen LogP contribution in [0.15, 0.2) is 39.7 Å². The second-order valence-electron chi connectivity index (χ2n) is 8.08. The van der Waals surface area contributed by atoms with Crippen LogP contribution in [0.25, 0.3) is 0 Å². The lowest BCUT2D eigenvalue weighted by molar-refractivity contribution is -0.148. The third kappa shape index (κ3) is 9.49. The maximum Gasteiger partial charge on any atom is 0.331 e. The number of cyclic esters (lactones) is 2. The van der Waals surface area contributed by atoms with Gasteiger partial charge in [-0.3, -0.25) is 4.79 Å². The number of thiazole rings is 1. The Morgan fingerprint density at radius 3 is 2.71 bits per heavy atom. The zero-order valence-electron chi connectivity index (χ0n) is 18.5. The molecule has 0 aromatic carbocycles. The van der Waals surface area contributed by atoms with Crippen molar-refractivity contribution in [3.05, 3.63) is 50.4 Å². The van der Waals surface area contributed by atoms with Crippen LogP contribution in [0, 0.1) is 0 Å². The van der Waals surface area contributed by atoms with Gasteiger partial charge in [-0.1, -0.05) is 40.6 Å². The zero-order chi connectivity index (χ0) is 23.0. The number of hydrogen-bond donors (Lipinski definition) is 1. The molecule has 1 aromatic heterocycles. The van der Waals surface area contributed by atoms with E-state index < -0.39 is 12.1 Å². The number of ether oxygens (including phenoxy) is 2. The molecular weight excluding hydrogens is 480 g/mol. The van der Waals surface area contributed by atoms with E-state index in [-0.39, 0.29) is 30.5 Å². The minimum Gasteiger partial charge on any atom is -0.462 e. The van der Waals surface area contributed by atoms with E-state index in [2.05, 4.69) is 15.9 Å². The van der Waals surface area contributed by atoms with Gasteiger partial charge < -0.3 is 15.2 Å². The number of fused-ring (bicyclic) bond motifs is 2. The standard InChI is InChI=1S/C23H31BrN2O4S/c1-14-6-5-7-22(27)30-19(10-16(3)24)12-21-26-20(13-31-21)15(2)9-18(25)11-23(28)29-17(4)8-14/h5-7,10,13,15,17-19H,8-9,11-12,25H2,1-4H3/b7-5-,14-6?,16-10+/t15-,17-,18+,19+/m0/s1. The number of esters is 2. The molecule has 0 unspecified atom stereocenters. The first-order valence-electron chi connectivity index (χ1n) is 10.4. The fourth-order valence-corrected chi connectivity index (χ4v) is 4.65. The van der Waals surface area contributed by atoms with E-state index in [9.17, 15) is 9.59 Å². The number of carbonyl (C=O) groups excluding carboxylic acids is 2. The number of rotatable bonds is 1. The smallest absolute Gasteiger partial charge is 0.331 e. The molecule has 31 heavy (non-hydrogen) atoms. The second-order valence-corrected chi connectivity index (χ2v) is 10.3. The van der Waals surface area contributed by atoms with Gasteiger partial charge in [-0.05, 0) is 37.8 Å². The van der Waals surface area contributed by atoms with Crippen LogP contribution in [0.2, 0.25) is 0 Å². The topological polar surface area (TPSA) is 91.5 Å². The van der Waals surface area contributed by atoms with E-state index in [0.717, 1.165) is 20.8 Å². The van der Waals surface area contributed by atoms with E-state index in [1.807, 2.05) is 45.2 Å². The largest absolute Gasteiger partial charge is 0.462 e. The van der Waals surface area contributed by atoms with Gasteiger partial charge in [-0.15, -0.1) is 11.3 Å². The Balaban J connectivity index is 2.26. The highest BCUT2D eigenvalue weighted by Gasteiger charge is 2.20. The number of nitrogens with zero attached hydrogens (tertiary/aromatic N) is 1. The van der Waals surface area contributed by atoms with Crippen LogP contribution < -0.4 is 5.73 Å². The molecule has 4 atom stereocenters. The summed E-state index contributed by atoms with van der Waals surface area (Å²) in [5.41, 5.74) is 8.13. The van der Waals surface area contributed by atoms with E-state index in [4.69, 9.17) is 20.2 Å². The van der Waals surface area contributed by atoms with Gasteiger partial charge in [0, 0.05) is 36.3 Å². The van der Waals surface area contributed by atoms with Crippen molar-refractivity contribution in [1.29, 1.82) is 0 Å². The monoisotopic (exact) mass is 510 g/mol. The summed E-state index contributed by atoms with van der Waals surface area (Å²) in [6.45, 7) is 7.72. The number of hydrogen-bond acceptors (Lipinski definition) is 7. The van der Waals surface area contributed by atoms with Crippen molar-refractivity contribution in [2.45, 2.75) is 77.5 Å². The molecule has 2 rings (SSSR count). The maximum absolute atomic E-state index is 12.3. The second kappa shape index (κ2) is 12.3. The lowest BCUT2D eigenvalue weighted by Crippen LogP contribution is -2.28. The van der Waals surface area contributed by atoms with E-state index >= 15 is 0 Å². The average molecular weight is 511 g/mol. The molecule has 1 aromatic rings. The Bertz CT molecular complexity index is 858. The van der Waals surface area contributed by atoms with Crippen molar-refractivity contribution in [2.24, 2.45) is 5.73 Å². The Morgan fingerprint density at radius 2 is 2.00 bits per heavy atom. The summed E-state index contributed by atoms with van der Waals surface area (Å²) in [5, 5.41) is 2.88. The summed E-state index contributed by atoms with van der Waals surface area (Å²) in [6, 6.07) is -0.297. The van der Waals surface area contributed by atoms with Gasteiger partial charge in [-0.25, -0.2) is 9.78 Å². The van der Waals surface area contributed by atoms with Crippen molar-refractivity contribution >= 4 is 39.2 Å². The first-order chi connectivity index (χ1) is 14.6. The van der Waals surface area contributed by atoms with Gasteiger partial charge in [0.1, 0.15) is 12.2 Å². The molecule has 2 heterocycles. The molecule has 1 aliphatic heterocycles. The molecule has 2 N–H and O–H groups in total. The molecule has 170 valence electrons. The van der Waals surface area contributed by atoms with E-state index in [0.29, 0.717) is 19.3 Å². The van der Waals surface area contributed by atoms with Gasteiger partial charge in [0.2, 0.25) is 0 Å². The Morgan fingerprint density at radius 1 is 1.26 bits per heavy atom. The number of aromatic nitrogens is 1. The quantitative estimate of drug-likeness (QED) is 0.537. The SMILES string of the molecule is CC1=C/C=C\C(=O)O[C@H](/C=C(\C)Br)Cc2nc(cs2)[C@@H](C)C[C@@H](N)CC(=O)O[C@@H](C)C1. The third-order valence-corrected chi connectivity index (χ3v) is 5.93. The molecule has 0 fully saturated rings. The summed E-state index contributed by atoms with van der Waals surface area (Å²) in [6.07, 6.45) is 7.91. The molecule has 0 saturated heterocycles. The van der Waals surface area contributed by atoms with Crippen LogP contribution in [0.5, 0.6) is 0 Å². The molecule has 0 amide bonds. The molecule has 0 radical (unpaired) electrons. The minimum atomic E-state index is -0.425. The minimum absolute atomic E-state index is 0.106. The van der Waals surface area contributed by atoms with Gasteiger partial charge in [0.15, 0.2) is 0 Å². The van der Waals surface area contributed by atoms with Crippen molar-refractivity contribution < 1.29 is 19.1 Å². The fourth-order valence-electron chi connectivity index (χ4n) is 3.40. The number of allylic oxidation sites excluding steroid dienone is 3. The first-order valence-corrected chi connectivity index (χ1v) is 12.1. The summed E-state index contributed by atoms with van der Waals surface area (Å²) >= 11 is 4.95. The third-order valence-electron chi connectivity index (χ3n) is 4.77. The lowest BCUT2D eigenvalue weighted by Gasteiger charge is -2.18. The molecule has 2 bridgehead atoms. The predicted molar refractivity (Wildman–Crippen MR) is 127 cm³/mol. The van der Waals surface area contributed by atoms with Crippen molar-refractivity contribution in [3.8, 4) is 0 Å². The number of nitrogens with two attached hydrogens (primary N) is 1. The maximum atomic E-state index is 12.3. The summed E-state index contributed by atoms with van der Waals surface area (Å²) in [5.74, 6) is -0.613. The fraction of sp³-hybridized carbons (Fsp3) is 0.522. The Kier molecular flexibility index (Phi) is 10.1. The average Bonchev–Trinajstić information content (AvgIpc) is 3.08. The van der Waals surface area contributed by atoms with Crippen LogP contribution in [0.3, 0.4) is 0 Å². The molecule has 1 aliphatic rings. The number of carbonyl (C=O) groups is 2. The zero-order valence-corrected chi connectivity index (χ0v) is 20.9. The Labute approximate surface area is 196 Å². The van der Waals surface area contributed by atoms with Crippen molar-refractivity contribution in [3.63, 3.8) is 0 Å². The first kappa shape index (κ1) is 25.5. The summed E-state index contributed by atoms with van der Waals surface area (Å²) in [4.78, 5) is 29.2. The lowest BCUT2D eigenvalue weighted by atomic mass is 9.98. The highest BCUT2D eigenvalue weighted by Crippen LogP contribution is 2.25. The normalized spacial score (nSPS) is 28.5. The van der Waals surface area contributed by atoms with Crippen LogP contribution in [0.1, 0.15) is 63.6 Å². The molecular formula is C23H31BrN2O4S. The van der Waals surface area contributed by atoms with Crippen molar-refractivity contribution in [2.75, 3.05) is 0 Å². The van der Waals surface area contributed by atoms with Gasteiger partial charge in [-0.2, -0.15) is 0 Å². The molecule has 6 nitrogen and oxygen atoms in total. The van der Waals surface area contributed by atoms with Gasteiger partial charge in [0.05, 0.1) is 17.1 Å². The van der Waals surface area contributed by atoms with E-state index in [1.54, 1.807) is 6.08 Å². The molecule has 0 aliphatic carbocycles. The molecule has 0 saturated carbocycles. The van der Waals surface area contributed by atoms with Gasteiger partial charge >= 0.3 is 11.9 Å². The van der Waals surface area contributed by atoms with Crippen LogP contribution in [0.4, 0.5) is 0 Å². The van der Waals surface area contributed by atoms with Crippen molar-refractivity contribution in [1.82, 2.24) is 4.98 Å². The van der Waals surface area contributed by atoms with E-state index in [1.165, 1.54) is 17.4 Å². The highest BCUT2D eigenvalue weighted by molar-refractivity contribution is 9.11. The Hall–Kier alpha value is -1.77. The molecule has 8 heteroatoms. The summed E-state index contributed by atoms with van der Waals surface area (Å²) in [7, 11) is 0. The van der Waals surface area contributed by atoms with Crippen LogP contribution in [-0.4, -0.2) is 35.2 Å². The predicted octanol–water partition coefficient (Wildman–Crippen LogP) is 4.95. The van der Waals surface area contributed by atoms with Gasteiger partial charge in [0.25, 0.3) is 0 Å². The highest BCUT2D eigenvalue weighted by atomic mass is 79.9. The number of halogens is 1. The van der Waals surface area contributed by atoms with Crippen LogP contribution in [-0.2, 0) is 25.5 Å².